The molecule has 2 heterocycles. The van der Waals surface area contributed by atoms with Crippen LogP contribution < -0.4 is 9.64 Å². The van der Waals surface area contributed by atoms with Crippen LogP contribution in [-0.4, -0.2) is 22.0 Å². The number of benzene rings is 1. The minimum atomic E-state index is -0.778. The second kappa shape index (κ2) is 7.01. The highest BCUT2D eigenvalue weighted by Gasteiger charge is 2.41. The Hall–Kier alpha value is -2.74. The predicted octanol–water partition coefficient (Wildman–Crippen LogP) is 4.05. The zero-order chi connectivity index (χ0) is 20.0. The number of rotatable bonds is 4. The molecule has 28 heavy (non-hydrogen) atoms. The number of carbonyl (C=O) groups excluding carboxylic acids is 2. The van der Waals surface area contributed by atoms with Gasteiger partial charge in [0.25, 0.3) is 17.7 Å². The van der Waals surface area contributed by atoms with Crippen molar-refractivity contribution in [2.75, 3.05) is 4.90 Å². The number of anilines is 1. The van der Waals surface area contributed by atoms with Crippen molar-refractivity contribution < 1.29 is 23.2 Å². The number of imide groups is 1. The molecule has 2 aromatic rings. The van der Waals surface area contributed by atoms with Crippen LogP contribution in [0, 0.1) is 12.7 Å². The summed E-state index contributed by atoms with van der Waals surface area (Å²) in [5, 5.41) is 3.70. The maximum atomic E-state index is 14.6. The van der Waals surface area contributed by atoms with Gasteiger partial charge in [0.1, 0.15) is 11.6 Å². The van der Waals surface area contributed by atoms with Gasteiger partial charge in [0, 0.05) is 17.2 Å². The number of halogens is 2. The molecule has 1 aliphatic heterocycles. The van der Waals surface area contributed by atoms with E-state index in [2.05, 4.69) is 10.1 Å². The Labute approximate surface area is 165 Å². The molecule has 0 bridgehead atoms. The monoisotopic (exact) mass is 405 g/mol. The molecule has 7 nitrogen and oxygen atoms in total. The number of amides is 2. The Morgan fingerprint density at radius 1 is 1.21 bits per heavy atom. The third kappa shape index (κ3) is 3.07. The van der Waals surface area contributed by atoms with Crippen molar-refractivity contribution in [1.29, 1.82) is 0 Å². The fraction of sp³-hybridized carbons (Fsp3) is 0.368. The summed E-state index contributed by atoms with van der Waals surface area (Å²) >= 11 is 6.11. The van der Waals surface area contributed by atoms with E-state index in [1.807, 2.05) is 0 Å². The maximum Gasteiger partial charge on any atom is 0.267 e. The first-order valence-corrected chi connectivity index (χ1v) is 9.31. The molecule has 146 valence electrons. The Kier molecular flexibility index (Phi) is 4.66. The maximum absolute atomic E-state index is 14.6. The quantitative estimate of drug-likeness (QED) is 0.713. The van der Waals surface area contributed by atoms with E-state index < -0.39 is 23.7 Å². The first kappa shape index (κ1) is 18.6. The molecule has 0 radical (unpaired) electrons. The van der Waals surface area contributed by atoms with E-state index in [9.17, 15) is 14.0 Å². The first-order valence-electron chi connectivity index (χ1n) is 8.93. The molecule has 0 saturated heterocycles. The van der Waals surface area contributed by atoms with Crippen LogP contribution in [0.4, 0.5) is 10.1 Å². The summed E-state index contributed by atoms with van der Waals surface area (Å²) in [6.07, 6.45) is 2.08. The number of aromatic nitrogens is 2. The van der Waals surface area contributed by atoms with Crippen LogP contribution in [0.25, 0.3) is 0 Å². The van der Waals surface area contributed by atoms with Crippen LogP contribution >= 0.6 is 11.6 Å². The van der Waals surface area contributed by atoms with Crippen molar-refractivity contribution in [2.24, 2.45) is 0 Å². The van der Waals surface area contributed by atoms with Gasteiger partial charge in [0.15, 0.2) is 11.9 Å². The van der Waals surface area contributed by atoms with Crippen LogP contribution in [0.3, 0.4) is 0 Å². The number of nitrogens with zero attached hydrogens (tertiary/aromatic N) is 3. The van der Waals surface area contributed by atoms with Crippen LogP contribution in [0.1, 0.15) is 50.4 Å². The van der Waals surface area contributed by atoms with Crippen LogP contribution in [0.2, 0.25) is 5.02 Å². The van der Waals surface area contributed by atoms with E-state index in [0.717, 1.165) is 23.8 Å². The summed E-state index contributed by atoms with van der Waals surface area (Å²) in [6, 6.07) is 2.28. The summed E-state index contributed by atoms with van der Waals surface area (Å²) in [7, 11) is 0. The fourth-order valence-electron chi connectivity index (χ4n) is 3.46. The van der Waals surface area contributed by atoms with Crippen LogP contribution in [0.5, 0.6) is 5.75 Å². The lowest BCUT2D eigenvalue weighted by Gasteiger charge is -2.19. The van der Waals surface area contributed by atoms with Gasteiger partial charge in [-0.15, -0.1) is 0 Å². The molecule has 1 atom stereocenters. The number of hydrogen-bond acceptors (Lipinski definition) is 6. The van der Waals surface area contributed by atoms with Gasteiger partial charge in [-0.2, -0.15) is 4.98 Å². The van der Waals surface area contributed by atoms with Gasteiger partial charge in [-0.3, -0.25) is 9.59 Å². The largest absolute Gasteiger partial charge is 0.479 e. The molecule has 0 saturated carbocycles. The zero-order valence-corrected chi connectivity index (χ0v) is 16.0. The Morgan fingerprint density at radius 2 is 1.86 bits per heavy atom. The first-order chi connectivity index (χ1) is 13.4. The Balaban J connectivity index is 1.66. The molecular formula is C19H17ClFN3O4. The van der Waals surface area contributed by atoms with Gasteiger partial charge < -0.3 is 9.26 Å². The van der Waals surface area contributed by atoms with Gasteiger partial charge in [0.2, 0.25) is 0 Å². The summed E-state index contributed by atoms with van der Waals surface area (Å²) in [6.45, 7) is 3.33. The van der Waals surface area contributed by atoms with Gasteiger partial charge in [-0.1, -0.05) is 16.8 Å². The van der Waals surface area contributed by atoms with E-state index in [1.165, 1.54) is 6.07 Å². The van der Waals surface area contributed by atoms with Crippen molar-refractivity contribution in [1.82, 2.24) is 10.1 Å². The summed E-state index contributed by atoms with van der Waals surface area (Å²) in [5.74, 6) is -0.960. The Bertz CT molecular complexity index is 989. The molecule has 0 spiro atoms. The van der Waals surface area contributed by atoms with Crippen molar-refractivity contribution in [2.45, 2.75) is 45.6 Å². The molecular weight excluding hydrogens is 389 g/mol. The van der Waals surface area contributed by atoms with Crippen LogP contribution in [0.15, 0.2) is 27.8 Å². The second-order valence-electron chi connectivity index (χ2n) is 6.78. The molecule has 1 aromatic heterocycles. The zero-order valence-electron chi connectivity index (χ0n) is 15.3. The van der Waals surface area contributed by atoms with Gasteiger partial charge in [0.05, 0.1) is 10.7 Å². The summed E-state index contributed by atoms with van der Waals surface area (Å²) in [4.78, 5) is 30.4. The minimum absolute atomic E-state index is 0.00107. The smallest absolute Gasteiger partial charge is 0.267 e. The lowest BCUT2D eigenvalue weighted by atomic mass is 9.93. The van der Waals surface area contributed by atoms with E-state index >= 15 is 0 Å². The summed E-state index contributed by atoms with van der Waals surface area (Å²) < 4.78 is 25.4. The molecule has 2 amide bonds. The average Bonchev–Trinajstić information content (AvgIpc) is 3.20. The van der Waals surface area contributed by atoms with Crippen molar-refractivity contribution in [3.8, 4) is 5.75 Å². The topological polar surface area (TPSA) is 85.5 Å². The van der Waals surface area contributed by atoms with E-state index in [4.69, 9.17) is 20.9 Å². The van der Waals surface area contributed by atoms with E-state index in [0.29, 0.717) is 29.8 Å². The molecule has 2 aliphatic rings. The lowest BCUT2D eigenvalue weighted by molar-refractivity contribution is -0.120. The summed E-state index contributed by atoms with van der Waals surface area (Å²) in [5.41, 5.74) is 0.767. The van der Waals surface area contributed by atoms with Gasteiger partial charge in [-0.25, -0.2) is 9.29 Å². The molecule has 1 aliphatic carbocycles. The molecule has 4 rings (SSSR count). The van der Waals surface area contributed by atoms with Crippen molar-refractivity contribution >= 4 is 29.1 Å². The second-order valence-corrected chi connectivity index (χ2v) is 7.19. The highest BCUT2D eigenvalue weighted by Crippen LogP contribution is 2.40. The predicted molar refractivity (Wildman–Crippen MR) is 97.5 cm³/mol. The normalized spacial score (nSPS) is 17.9. The number of carbonyl (C=O) groups is 2. The molecule has 1 aromatic carbocycles. The number of hydrogen-bond donors (Lipinski definition) is 0. The minimum Gasteiger partial charge on any atom is -0.479 e. The third-order valence-electron chi connectivity index (χ3n) is 4.83. The van der Waals surface area contributed by atoms with Gasteiger partial charge >= 0.3 is 0 Å². The average molecular weight is 406 g/mol. The van der Waals surface area contributed by atoms with Gasteiger partial charge in [-0.05, 0) is 45.6 Å². The van der Waals surface area contributed by atoms with Crippen molar-refractivity contribution in [3.05, 3.63) is 45.8 Å². The molecule has 0 N–H and O–H groups in total. The highest BCUT2D eigenvalue weighted by atomic mass is 35.5. The number of ether oxygens (including phenoxy) is 1. The standard InChI is InChI=1S/C19H17ClFN3O4/c1-9(17-22-10(2)23-28-17)27-16-8-15(14(21)7-13(16)20)24-18(25)11-5-3-4-6-12(11)19(24)26/h7-9H,3-6H2,1-2H3. The third-order valence-corrected chi connectivity index (χ3v) is 5.12. The Morgan fingerprint density at radius 3 is 2.43 bits per heavy atom. The van der Waals surface area contributed by atoms with E-state index in [-0.39, 0.29) is 22.4 Å². The molecule has 9 heteroatoms. The highest BCUT2D eigenvalue weighted by molar-refractivity contribution is 6.34. The van der Waals surface area contributed by atoms with Crippen LogP contribution in [-0.2, 0) is 9.59 Å². The van der Waals surface area contributed by atoms with Crippen molar-refractivity contribution in [3.63, 3.8) is 0 Å². The van der Waals surface area contributed by atoms with E-state index in [1.54, 1.807) is 13.8 Å². The molecule has 1 unspecified atom stereocenters. The number of aryl methyl sites for hydroxylation is 1. The lowest BCUT2D eigenvalue weighted by Crippen LogP contribution is -2.32. The molecule has 0 fully saturated rings. The fourth-order valence-corrected chi connectivity index (χ4v) is 3.65. The SMILES string of the molecule is Cc1noc(C(C)Oc2cc(N3C(=O)C4=C(CCCC4)C3=O)c(F)cc2Cl)n1.